The second-order valence-corrected chi connectivity index (χ2v) is 6.56. The first-order valence-electron chi connectivity index (χ1n) is 8.19. The Hall–Kier alpha value is -2.89. The maximum atomic E-state index is 12.7. The molecule has 0 spiro atoms. The van der Waals surface area contributed by atoms with Crippen LogP contribution in [0, 0.1) is 6.92 Å². The second kappa shape index (κ2) is 6.55. The Labute approximate surface area is 146 Å². The number of fused-ring (bicyclic) bond motifs is 1. The number of nitrogens with one attached hydrogen (secondary N) is 1. The van der Waals surface area contributed by atoms with Crippen LogP contribution in [0.15, 0.2) is 42.6 Å². The maximum Gasteiger partial charge on any atom is 0.270 e. The summed E-state index contributed by atoms with van der Waals surface area (Å²) >= 11 is 0. The molecular formula is C19H21N3O3. The number of amides is 2. The number of anilines is 2. The topological polar surface area (TPSA) is 71.5 Å². The number of hydrogen-bond donors (Lipinski definition) is 1. The maximum absolute atomic E-state index is 12.7. The largest absolute Gasteiger partial charge is 0.476 e. The summed E-state index contributed by atoms with van der Waals surface area (Å²) in [5.41, 5.74) is 0.757. The van der Waals surface area contributed by atoms with Crippen LogP contribution in [0.25, 0.3) is 0 Å². The van der Waals surface area contributed by atoms with Crippen LogP contribution in [0.3, 0.4) is 0 Å². The molecule has 0 bridgehead atoms. The minimum Gasteiger partial charge on any atom is -0.476 e. The number of nitrogens with zero attached hydrogens (tertiary/aromatic N) is 2. The van der Waals surface area contributed by atoms with Crippen molar-refractivity contribution in [2.45, 2.75) is 32.8 Å². The van der Waals surface area contributed by atoms with E-state index < -0.39 is 5.60 Å². The monoisotopic (exact) mass is 339 g/mol. The summed E-state index contributed by atoms with van der Waals surface area (Å²) < 4.78 is 5.77. The molecule has 0 saturated heterocycles. The summed E-state index contributed by atoms with van der Waals surface area (Å²) in [4.78, 5) is 30.6. The predicted molar refractivity (Wildman–Crippen MR) is 95.7 cm³/mol. The molecule has 25 heavy (non-hydrogen) atoms. The Kier molecular flexibility index (Phi) is 4.44. The lowest BCUT2D eigenvalue weighted by atomic mass is 10.0. The highest BCUT2D eigenvalue weighted by atomic mass is 16.5. The predicted octanol–water partition coefficient (Wildman–Crippen LogP) is 2.92. The highest BCUT2D eigenvalue weighted by Crippen LogP contribution is 2.37. The Morgan fingerprint density at radius 1 is 1.24 bits per heavy atom. The van der Waals surface area contributed by atoms with Crippen LogP contribution in [0.5, 0.6) is 5.75 Å². The minimum absolute atomic E-state index is 0.160. The van der Waals surface area contributed by atoms with E-state index in [0.29, 0.717) is 17.3 Å². The summed E-state index contributed by atoms with van der Waals surface area (Å²) in [6.45, 7) is 5.67. The van der Waals surface area contributed by atoms with Crippen molar-refractivity contribution in [2.75, 3.05) is 16.8 Å². The van der Waals surface area contributed by atoms with Crippen LogP contribution in [0.2, 0.25) is 0 Å². The molecule has 2 heterocycles. The van der Waals surface area contributed by atoms with Crippen molar-refractivity contribution >= 4 is 23.3 Å². The fourth-order valence-corrected chi connectivity index (χ4v) is 2.70. The summed E-state index contributed by atoms with van der Waals surface area (Å²) in [7, 11) is 0. The van der Waals surface area contributed by atoms with Gasteiger partial charge in [0.25, 0.3) is 5.91 Å². The molecule has 0 radical (unpaired) electrons. The molecule has 0 unspecified atom stereocenters. The number of aryl methyl sites for hydroxylation is 1. The highest BCUT2D eigenvalue weighted by molar-refractivity contribution is 6.03. The summed E-state index contributed by atoms with van der Waals surface area (Å²) in [5, 5.41) is 2.75. The third kappa shape index (κ3) is 3.63. The van der Waals surface area contributed by atoms with Gasteiger partial charge in [-0.05, 0) is 44.5 Å². The zero-order chi connectivity index (χ0) is 18.0. The molecule has 6 nitrogen and oxygen atoms in total. The molecule has 3 rings (SSSR count). The smallest absolute Gasteiger partial charge is 0.270 e. The van der Waals surface area contributed by atoms with Crippen molar-refractivity contribution < 1.29 is 14.3 Å². The van der Waals surface area contributed by atoms with E-state index in [9.17, 15) is 9.59 Å². The van der Waals surface area contributed by atoms with Crippen LogP contribution in [-0.2, 0) is 9.59 Å². The van der Waals surface area contributed by atoms with E-state index in [1.165, 1.54) is 0 Å². The number of pyridine rings is 1. The van der Waals surface area contributed by atoms with Gasteiger partial charge >= 0.3 is 0 Å². The van der Waals surface area contributed by atoms with Crippen molar-refractivity contribution in [2.24, 2.45) is 0 Å². The standard InChI is InChI=1S/C19H21N3O3/c1-13-8-9-16(20-12-13)21-17(23)10-11-22-14-6-4-5-7-15(14)25-19(2,3)18(22)24/h4-9,12H,10-11H2,1-3H3,(H,20,21,23). The van der Waals surface area contributed by atoms with Gasteiger partial charge in [0.15, 0.2) is 5.60 Å². The normalized spacial score (nSPS) is 15.3. The number of carbonyl (C=O) groups is 2. The summed E-state index contributed by atoms with van der Waals surface area (Å²) in [6.07, 6.45) is 1.87. The number of benzene rings is 1. The fraction of sp³-hybridized carbons (Fsp3) is 0.316. The van der Waals surface area contributed by atoms with E-state index in [1.807, 2.05) is 37.3 Å². The van der Waals surface area contributed by atoms with E-state index >= 15 is 0 Å². The van der Waals surface area contributed by atoms with Gasteiger partial charge in [0.2, 0.25) is 5.91 Å². The molecule has 2 aromatic rings. The number of rotatable bonds is 4. The lowest BCUT2D eigenvalue weighted by Crippen LogP contribution is -2.53. The fourth-order valence-electron chi connectivity index (χ4n) is 2.70. The molecule has 0 aliphatic carbocycles. The average molecular weight is 339 g/mol. The van der Waals surface area contributed by atoms with Gasteiger partial charge in [-0.3, -0.25) is 9.59 Å². The quantitative estimate of drug-likeness (QED) is 0.930. The summed E-state index contributed by atoms with van der Waals surface area (Å²) in [5.74, 6) is 0.802. The second-order valence-electron chi connectivity index (χ2n) is 6.56. The molecule has 1 aromatic carbocycles. The van der Waals surface area contributed by atoms with Crippen LogP contribution in [0.4, 0.5) is 11.5 Å². The molecule has 2 amide bonds. The molecule has 0 saturated carbocycles. The minimum atomic E-state index is -0.955. The van der Waals surface area contributed by atoms with Crippen LogP contribution >= 0.6 is 0 Å². The van der Waals surface area contributed by atoms with Gasteiger partial charge in [0, 0.05) is 19.2 Å². The van der Waals surface area contributed by atoms with E-state index in [1.54, 1.807) is 31.0 Å². The van der Waals surface area contributed by atoms with Crippen molar-refractivity contribution in [3.05, 3.63) is 48.2 Å². The van der Waals surface area contributed by atoms with Crippen molar-refractivity contribution in [3.63, 3.8) is 0 Å². The van der Waals surface area contributed by atoms with Gasteiger partial charge in [0.1, 0.15) is 11.6 Å². The van der Waals surface area contributed by atoms with Gasteiger partial charge in [-0.25, -0.2) is 4.98 Å². The zero-order valence-electron chi connectivity index (χ0n) is 14.6. The molecule has 130 valence electrons. The lowest BCUT2D eigenvalue weighted by Gasteiger charge is -2.38. The van der Waals surface area contributed by atoms with Crippen molar-refractivity contribution in [1.29, 1.82) is 0 Å². The number of ether oxygens (including phenoxy) is 1. The number of hydrogen-bond acceptors (Lipinski definition) is 4. The molecule has 0 fully saturated rings. The Morgan fingerprint density at radius 3 is 2.72 bits per heavy atom. The Morgan fingerprint density at radius 2 is 2.00 bits per heavy atom. The molecule has 1 aliphatic rings. The van der Waals surface area contributed by atoms with Gasteiger partial charge in [-0.15, -0.1) is 0 Å². The van der Waals surface area contributed by atoms with E-state index in [4.69, 9.17) is 4.74 Å². The van der Waals surface area contributed by atoms with Crippen molar-refractivity contribution in [3.8, 4) is 5.75 Å². The van der Waals surface area contributed by atoms with Crippen LogP contribution < -0.4 is 15.0 Å². The number of aromatic nitrogens is 1. The van der Waals surface area contributed by atoms with E-state index in [-0.39, 0.29) is 24.8 Å². The average Bonchev–Trinajstić information content (AvgIpc) is 2.57. The summed E-state index contributed by atoms with van der Waals surface area (Å²) in [6, 6.07) is 11.0. The van der Waals surface area contributed by atoms with Crippen LogP contribution in [0.1, 0.15) is 25.8 Å². The van der Waals surface area contributed by atoms with E-state index in [0.717, 1.165) is 5.56 Å². The van der Waals surface area contributed by atoms with Gasteiger partial charge in [-0.2, -0.15) is 0 Å². The first-order chi connectivity index (χ1) is 11.9. The molecule has 6 heteroatoms. The SMILES string of the molecule is Cc1ccc(NC(=O)CCN2C(=O)C(C)(C)Oc3ccccc32)nc1. The number of para-hydroxylation sites is 2. The number of carbonyl (C=O) groups excluding carboxylic acids is 2. The van der Waals surface area contributed by atoms with Gasteiger partial charge < -0.3 is 15.0 Å². The highest BCUT2D eigenvalue weighted by Gasteiger charge is 2.40. The first kappa shape index (κ1) is 17.0. The van der Waals surface area contributed by atoms with Gasteiger partial charge in [0.05, 0.1) is 5.69 Å². The third-order valence-corrected chi connectivity index (χ3v) is 4.02. The molecule has 1 aliphatic heterocycles. The molecular weight excluding hydrogens is 318 g/mol. The third-order valence-electron chi connectivity index (χ3n) is 4.02. The molecule has 0 atom stereocenters. The molecule has 1 aromatic heterocycles. The molecule has 1 N–H and O–H groups in total. The van der Waals surface area contributed by atoms with Crippen molar-refractivity contribution in [1.82, 2.24) is 4.98 Å². The van der Waals surface area contributed by atoms with Gasteiger partial charge in [-0.1, -0.05) is 18.2 Å². The first-order valence-corrected chi connectivity index (χ1v) is 8.19. The lowest BCUT2D eigenvalue weighted by molar-refractivity contribution is -0.132. The Balaban J connectivity index is 1.70. The Bertz CT molecular complexity index is 800. The van der Waals surface area contributed by atoms with E-state index in [2.05, 4.69) is 10.3 Å². The zero-order valence-corrected chi connectivity index (χ0v) is 14.6. The van der Waals surface area contributed by atoms with Crippen LogP contribution in [-0.4, -0.2) is 28.9 Å².